The highest BCUT2D eigenvalue weighted by Gasteiger charge is 2.26. The van der Waals surface area contributed by atoms with Gasteiger partial charge in [0.1, 0.15) is 0 Å². The van der Waals surface area contributed by atoms with Crippen LogP contribution in [0.5, 0.6) is 0 Å². The van der Waals surface area contributed by atoms with Crippen LogP contribution in [-0.2, 0) is 14.3 Å². The summed E-state index contributed by atoms with van der Waals surface area (Å²) in [6, 6.07) is 0. The Morgan fingerprint density at radius 2 is 2.24 bits per heavy atom. The number of hydrogen-bond acceptors (Lipinski definition) is 4. The Morgan fingerprint density at radius 1 is 1.53 bits per heavy atom. The molecule has 17 heavy (non-hydrogen) atoms. The molecule has 0 aromatic carbocycles. The van der Waals surface area contributed by atoms with E-state index in [0.29, 0.717) is 19.7 Å². The Bertz CT molecular complexity index is 315. The number of likely N-dealkylation sites (N-methyl/N-ethyl adjacent to an activating group) is 1. The van der Waals surface area contributed by atoms with Crippen LogP contribution >= 0.6 is 0 Å². The largest absolute Gasteiger partial charge is 0.367 e. The molecule has 0 bridgehead atoms. The highest BCUT2D eigenvalue weighted by atomic mass is 16.5. The van der Waals surface area contributed by atoms with Crippen LogP contribution in [0.2, 0.25) is 0 Å². The first-order chi connectivity index (χ1) is 8.00. The molecule has 0 radical (unpaired) electrons. The van der Waals surface area contributed by atoms with E-state index < -0.39 is 12.0 Å². The first kappa shape index (κ1) is 13.7. The zero-order valence-corrected chi connectivity index (χ0v) is 10.3. The summed E-state index contributed by atoms with van der Waals surface area (Å²) in [6.07, 6.45) is 2.62. The highest BCUT2D eigenvalue weighted by molar-refractivity contribution is 5.88. The van der Waals surface area contributed by atoms with Crippen LogP contribution in [0.15, 0.2) is 12.2 Å². The second-order valence-corrected chi connectivity index (χ2v) is 4.21. The summed E-state index contributed by atoms with van der Waals surface area (Å²) in [5.41, 5.74) is 5.14. The molecule has 0 spiro atoms. The van der Waals surface area contributed by atoms with Gasteiger partial charge in [-0.25, -0.2) is 0 Å². The van der Waals surface area contributed by atoms with Gasteiger partial charge >= 0.3 is 0 Å². The Balaban J connectivity index is 2.46. The van der Waals surface area contributed by atoms with Gasteiger partial charge in [-0.2, -0.15) is 0 Å². The molecule has 1 fully saturated rings. The monoisotopic (exact) mass is 241 g/mol. The Kier molecular flexibility index (Phi) is 5.11. The molecule has 0 aromatic heterocycles. The first-order valence-electron chi connectivity index (χ1n) is 5.52. The van der Waals surface area contributed by atoms with Gasteiger partial charge in [0.2, 0.25) is 11.8 Å². The quantitative estimate of drug-likeness (QED) is 0.628. The summed E-state index contributed by atoms with van der Waals surface area (Å²) in [4.78, 5) is 26.2. The SMILES string of the molecule is CN(C)CC=CC(=O)N1CCOC(C(N)=O)C1. The van der Waals surface area contributed by atoms with Crippen LogP contribution in [0.25, 0.3) is 0 Å². The number of primary amides is 1. The lowest BCUT2D eigenvalue weighted by atomic mass is 10.2. The molecule has 1 heterocycles. The average molecular weight is 241 g/mol. The van der Waals surface area contributed by atoms with E-state index in [1.54, 1.807) is 11.0 Å². The summed E-state index contributed by atoms with van der Waals surface area (Å²) in [5, 5.41) is 0. The van der Waals surface area contributed by atoms with Crippen LogP contribution in [0.4, 0.5) is 0 Å². The number of rotatable bonds is 4. The fraction of sp³-hybridized carbons (Fsp3) is 0.636. The fourth-order valence-corrected chi connectivity index (χ4v) is 1.49. The van der Waals surface area contributed by atoms with E-state index in [4.69, 9.17) is 10.5 Å². The predicted molar refractivity (Wildman–Crippen MR) is 63.2 cm³/mol. The molecule has 96 valence electrons. The lowest BCUT2D eigenvalue weighted by Gasteiger charge is -2.30. The third-order valence-corrected chi connectivity index (χ3v) is 2.43. The second kappa shape index (κ2) is 6.36. The van der Waals surface area contributed by atoms with Gasteiger partial charge in [0.05, 0.1) is 13.2 Å². The van der Waals surface area contributed by atoms with E-state index in [1.807, 2.05) is 19.0 Å². The zero-order chi connectivity index (χ0) is 12.8. The van der Waals surface area contributed by atoms with Crippen LogP contribution < -0.4 is 5.73 Å². The number of amides is 2. The summed E-state index contributed by atoms with van der Waals surface area (Å²) in [6.45, 7) is 1.78. The van der Waals surface area contributed by atoms with Crippen molar-refractivity contribution in [3.63, 3.8) is 0 Å². The molecule has 6 nitrogen and oxygen atoms in total. The molecule has 1 rings (SSSR count). The summed E-state index contributed by atoms with van der Waals surface area (Å²) in [5.74, 6) is -0.638. The van der Waals surface area contributed by atoms with Crippen molar-refractivity contribution in [3.8, 4) is 0 Å². The number of morpholine rings is 1. The van der Waals surface area contributed by atoms with E-state index in [2.05, 4.69) is 0 Å². The maximum atomic E-state index is 11.8. The number of carbonyl (C=O) groups is 2. The van der Waals surface area contributed by atoms with E-state index in [0.717, 1.165) is 0 Å². The van der Waals surface area contributed by atoms with Gasteiger partial charge in [-0.15, -0.1) is 0 Å². The fourth-order valence-electron chi connectivity index (χ4n) is 1.49. The summed E-state index contributed by atoms with van der Waals surface area (Å²) < 4.78 is 5.16. The molecule has 2 amide bonds. The van der Waals surface area contributed by atoms with Crippen LogP contribution in [-0.4, -0.2) is 68.1 Å². The van der Waals surface area contributed by atoms with E-state index >= 15 is 0 Å². The van der Waals surface area contributed by atoms with Crippen molar-refractivity contribution in [2.45, 2.75) is 6.10 Å². The lowest BCUT2D eigenvalue weighted by Crippen LogP contribution is -2.50. The van der Waals surface area contributed by atoms with Crippen LogP contribution in [0.3, 0.4) is 0 Å². The molecule has 1 unspecified atom stereocenters. The first-order valence-corrected chi connectivity index (χ1v) is 5.52. The molecule has 0 aliphatic carbocycles. The molecular weight excluding hydrogens is 222 g/mol. The minimum Gasteiger partial charge on any atom is -0.367 e. The van der Waals surface area contributed by atoms with Crippen molar-refractivity contribution in [1.82, 2.24) is 9.80 Å². The minimum absolute atomic E-state index is 0.110. The van der Waals surface area contributed by atoms with E-state index in [9.17, 15) is 9.59 Å². The van der Waals surface area contributed by atoms with Crippen molar-refractivity contribution in [2.75, 3.05) is 40.3 Å². The lowest BCUT2D eigenvalue weighted by molar-refractivity contribution is -0.142. The number of ether oxygens (including phenoxy) is 1. The average Bonchev–Trinajstić information content (AvgIpc) is 2.28. The van der Waals surface area contributed by atoms with Gasteiger partial charge in [-0.1, -0.05) is 6.08 Å². The summed E-state index contributed by atoms with van der Waals surface area (Å²) >= 11 is 0. The topological polar surface area (TPSA) is 75.9 Å². The van der Waals surface area contributed by atoms with E-state index in [-0.39, 0.29) is 12.5 Å². The molecule has 6 heteroatoms. The van der Waals surface area contributed by atoms with Crippen molar-refractivity contribution < 1.29 is 14.3 Å². The zero-order valence-electron chi connectivity index (χ0n) is 10.3. The third-order valence-electron chi connectivity index (χ3n) is 2.43. The Hall–Kier alpha value is -1.40. The minimum atomic E-state index is -0.685. The number of nitrogens with zero attached hydrogens (tertiary/aromatic N) is 2. The van der Waals surface area contributed by atoms with Gasteiger partial charge in [0, 0.05) is 19.2 Å². The molecule has 0 aromatic rings. The molecule has 1 aliphatic rings. The highest BCUT2D eigenvalue weighted by Crippen LogP contribution is 2.05. The van der Waals surface area contributed by atoms with Crippen molar-refractivity contribution in [3.05, 3.63) is 12.2 Å². The normalized spacial score (nSPS) is 21.1. The molecule has 0 saturated carbocycles. The van der Waals surface area contributed by atoms with E-state index in [1.165, 1.54) is 6.08 Å². The van der Waals surface area contributed by atoms with Gasteiger partial charge in [0.25, 0.3) is 0 Å². The van der Waals surface area contributed by atoms with Crippen molar-refractivity contribution in [2.24, 2.45) is 5.73 Å². The molecule has 2 N–H and O–H groups in total. The number of hydrogen-bond donors (Lipinski definition) is 1. The van der Waals surface area contributed by atoms with Crippen molar-refractivity contribution >= 4 is 11.8 Å². The van der Waals surface area contributed by atoms with Gasteiger partial charge < -0.3 is 20.3 Å². The van der Waals surface area contributed by atoms with Crippen LogP contribution in [0.1, 0.15) is 0 Å². The summed E-state index contributed by atoms with van der Waals surface area (Å²) in [7, 11) is 3.85. The maximum Gasteiger partial charge on any atom is 0.248 e. The van der Waals surface area contributed by atoms with Gasteiger partial charge in [0.15, 0.2) is 6.10 Å². The third kappa shape index (κ3) is 4.54. The molecular formula is C11H19N3O3. The van der Waals surface area contributed by atoms with Crippen molar-refractivity contribution in [1.29, 1.82) is 0 Å². The van der Waals surface area contributed by atoms with Gasteiger partial charge in [-0.05, 0) is 14.1 Å². The molecule has 1 aliphatic heterocycles. The molecule has 1 atom stereocenters. The van der Waals surface area contributed by atoms with Gasteiger partial charge in [-0.3, -0.25) is 9.59 Å². The second-order valence-electron chi connectivity index (χ2n) is 4.21. The maximum absolute atomic E-state index is 11.8. The van der Waals surface area contributed by atoms with Crippen LogP contribution in [0, 0.1) is 0 Å². The predicted octanol–water partition coefficient (Wildman–Crippen LogP) is -1.18. The Labute approximate surface area is 101 Å². The standard InChI is InChI=1S/C11H19N3O3/c1-13(2)5-3-4-10(15)14-6-7-17-9(8-14)11(12)16/h3-4,9H,5-8H2,1-2H3,(H2,12,16). The number of nitrogens with two attached hydrogens (primary N) is 1. The molecule has 1 saturated heterocycles. The number of carbonyl (C=O) groups excluding carboxylic acids is 2. The Morgan fingerprint density at radius 3 is 2.82 bits per heavy atom. The smallest absolute Gasteiger partial charge is 0.248 e.